The van der Waals surface area contributed by atoms with E-state index >= 15 is 0 Å². The highest BCUT2D eigenvalue weighted by Crippen LogP contribution is 2.20. The molecule has 1 aliphatic heterocycles. The summed E-state index contributed by atoms with van der Waals surface area (Å²) in [6, 6.07) is 9.50. The third kappa shape index (κ3) is 4.26. The largest absolute Gasteiger partial charge is 0.493 e. The lowest BCUT2D eigenvalue weighted by Crippen LogP contribution is -2.42. The van der Waals surface area contributed by atoms with E-state index in [-0.39, 0.29) is 12.0 Å². The Morgan fingerprint density at radius 3 is 2.96 bits per heavy atom. The molecule has 3 rings (SSSR count). The first kappa shape index (κ1) is 15.4. The number of nitrogens with zero attached hydrogens (tertiary/aromatic N) is 3. The number of aromatic nitrogens is 2. The van der Waals surface area contributed by atoms with Crippen LogP contribution >= 0.6 is 0 Å². The minimum absolute atomic E-state index is 0.0677. The number of benzene rings is 1. The van der Waals surface area contributed by atoms with Crippen LogP contribution in [0.1, 0.15) is 18.2 Å². The van der Waals surface area contributed by atoms with Crippen LogP contribution in [0, 0.1) is 0 Å². The lowest BCUT2D eigenvalue weighted by molar-refractivity contribution is -0.139. The second-order valence-electron chi connectivity index (χ2n) is 5.24. The maximum atomic E-state index is 12.3. The molecule has 2 aromatic rings. The van der Waals surface area contributed by atoms with Gasteiger partial charge in [0.1, 0.15) is 11.9 Å². The number of ether oxygens (including phenoxy) is 2. The lowest BCUT2D eigenvalue weighted by atomic mass is 10.2. The normalized spacial score (nSPS) is 17.7. The van der Waals surface area contributed by atoms with Gasteiger partial charge in [0.15, 0.2) is 0 Å². The first-order valence-electron chi connectivity index (χ1n) is 7.66. The second-order valence-corrected chi connectivity index (χ2v) is 5.24. The average Bonchev–Trinajstić information content (AvgIpc) is 2.63. The van der Waals surface area contributed by atoms with Crippen molar-refractivity contribution < 1.29 is 14.3 Å². The van der Waals surface area contributed by atoms with Crippen molar-refractivity contribution in [2.75, 3.05) is 26.3 Å². The summed E-state index contributed by atoms with van der Waals surface area (Å²) in [7, 11) is 0. The molecule has 1 aromatic carbocycles. The molecule has 1 atom stereocenters. The highest BCUT2D eigenvalue weighted by atomic mass is 16.5. The van der Waals surface area contributed by atoms with Gasteiger partial charge in [0, 0.05) is 18.9 Å². The molecule has 120 valence electrons. The van der Waals surface area contributed by atoms with E-state index < -0.39 is 0 Å². The average molecular weight is 313 g/mol. The molecule has 1 aromatic heterocycles. The summed E-state index contributed by atoms with van der Waals surface area (Å²) in [6.45, 7) is 1.98. The Kier molecular flexibility index (Phi) is 5.16. The van der Waals surface area contributed by atoms with Crippen LogP contribution in [0.15, 0.2) is 48.9 Å². The molecule has 1 saturated heterocycles. The van der Waals surface area contributed by atoms with Crippen molar-refractivity contribution in [1.82, 2.24) is 14.9 Å². The second kappa shape index (κ2) is 7.69. The minimum Gasteiger partial charge on any atom is -0.493 e. The maximum Gasteiger partial charge on any atom is 0.226 e. The first-order chi connectivity index (χ1) is 11.3. The van der Waals surface area contributed by atoms with Gasteiger partial charge in [-0.1, -0.05) is 18.2 Å². The van der Waals surface area contributed by atoms with Gasteiger partial charge in [0.25, 0.3) is 0 Å². The predicted molar refractivity (Wildman–Crippen MR) is 83.9 cm³/mol. The molecule has 0 unspecified atom stereocenters. The topological polar surface area (TPSA) is 64.5 Å². The Labute approximate surface area is 135 Å². The molecule has 0 N–H and O–H groups in total. The Hall–Kier alpha value is -2.47. The van der Waals surface area contributed by atoms with E-state index in [9.17, 15) is 4.79 Å². The van der Waals surface area contributed by atoms with E-state index in [4.69, 9.17) is 9.47 Å². The summed E-state index contributed by atoms with van der Waals surface area (Å²) < 4.78 is 11.3. The van der Waals surface area contributed by atoms with E-state index in [2.05, 4.69) is 9.97 Å². The molecule has 0 radical (unpaired) electrons. The summed E-state index contributed by atoms with van der Waals surface area (Å²) in [6.07, 6.45) is 5.07. The summed E-state index contributed by atoms with van der Waals surface area (Å²) in [5.74, 6) is 0.845. The predicted octanol–water partition coefficient (Wildman–Crippen LogP) is 1.85. The van der Waals surface area contributed by atoms with Gasteiger partial charge in [-0.25, -0.2) is 0 Å². The van der Waals surface area contributed by atoms with Crippen molar-refractivity contribution in [2.24, 2.45) is 0 Å². The Balaban J connectivity index is 1.49. The SMILES string of the molecule is O=C(CCOc1ccccc1)N1CCO[C@H](c2cnccn2)C1. The van der Waals surface area contributed by atoms with Gasteiger partial charge < -0.3 is 14.4 Å². The molecular weight excluding hydrogens is 294 g/mol. The molecule has 0 bridgehead atoms. The molecule has 23 heavy (non-hydrogen) atoms. The molecule has 6 heteroatoms. The van der Waals surface area contributed by atoms with E-state index in [1.807, 2.05) is 30.3 Å². The molecule has 1 fully saturated rings. The van der Waals surface area contributed by atoms with Gasteiger partial charge in [0.05, 0.1) is 38.1 Å². The molecule has 1 aliphatic rings. The van der Waals surface area contributed by atoms with Crippen LogP contribution in [0.25, 0.3) is 0 Å². The van der Waals surface area contributed by atoms with Crippen molar-refractivity contribution >= 4 is 5.91 Å². The monoisotopic (exact) mass is 313 g/mol. The van der Waals surface area contributed by atoms with E-state index in [0.717, 1.165) is 11.4 Å². The Morgan fingerprint density at radius 2 is 2.17 bits per heavy atom. The standard InChI is InChI=1S/C17H19N3O3/c21-17(6-10-22-14-4-2-1-3-5-14)20-9-11-23-16(13-20)15-12-18-7-8-19-15/h1-5,7-8,12,16H,6,9-11,13H2/t16-/m0/s1. The van der Waals surface area contributed by atoms with Crippen LogP contribution in [-0.2, 0) is 9.53 Å². The summed E-state index contributed by atoms with van der Waals surface area (Å²) in [5.41, 5.74) is 0.755. The fraction of sp³-hybridized carbons (Fsp3) is 0.353. The zero-order valence-corrected chi connectivity index (χ0v) is 12.8. The third-order valence-corrected chi connectivity index (χ3v) is 3.66. The van der Waals surface area contributed by atoms with E-state index in [1.165, 1.54) is 0 Å². The molecule has 2 heterocycles. The number of morpholine rings is 1. The third-order valence-electron chi connectivity index (χ3n) is 3.66. The number of hydrogen-bond acceptors (Lipinski definition) is 5. The Bertz CT molecular complexity index is 621. The van der Waals surface area contributed by atoms with Crippen LogP contribution in [-0.4, -0.2) is 47.1 Å². The summed E-state index contributed by atoms with van der Waals surface area (Å²) >= 11 is 0. The molecule has 1 amide bonds. The molecule has 0 aliphatic carbocycles. The van der Waals surface area contributed by atoms with Gasteiger partial charge in [-0.15, -0.1) is 0 Å². The van der Waals surface area contributed by atoms with Gasteiger partial charge in [0.2, 0.25) is 5.91 Å². The summed E-state index contributed by atoms with van der Waals surface area (Å²) in [5, 5.41) is 0. The van der Waals surface area contributed by atoms with E-state index in [1.54, 1.807) is 23.5 Å². The van der Waals surface area contributed by atoms with Crippen LogP contribution in [0.4, 0.5) is 0 Å². The number of carbonyl (C=O) groups excluding carboxylic acids is 1. The van der Waals surface area contributed by atoms with Crippen molar-refractivity contribution in [3.8, 4) is 5.75 Å². The zero-order chi connectivity index (χ0) is 15.9. The smallest absolute Gasteiger partial charge is 0.226 e. The van der Waals surface area contributed by atoms with E-state index in [0.29, 0.717) is 32.7 Å². The van der Waals surface area contributed by atoms with Gasteiger partial charge >= 0.3 is 0 Å². The fourth-order valence-corrected chi connectivity index (χ4v) is 2.46. The van der Waals surface area contributed by atoms with Crippen molar-refractivity contribution in [2.45, 2.75) is 12.5 Å². The fourth-order valence-electron chi connectivity index (χ4n) is 2.46. The lowest BCUT2D eigenvalue weighted by Gasteiger charge is -2.32. The maximum absolute atomic E-state index is 12.3. The van der Waals surface area contributed by atoms with Crippen molar-refractivity contribution in [3.05, 3.63) is 54.6 Å². The molecule has 0 spiro atoms. The number of amides is 1. The van der Waals surface area contributed by atoms with Crippen molar-refractivity contribution in [1.29, 1.82) is 0 Å². The highest BCUT2D eigenvalue weighted by molar-refractivity contribution is 5.76. The van der Waals surface area contributed by atoms with Crippen LogP contribution < -0.4 is 4.74 Å². The minimum atomic E-state index is -0.212. The highest BCUT2D eigenvalue weighted by Gasteiger charge is 2.26. The molecule has 0 saturated carbocycles. The van der Waals surface area contributed by atoms with Crippen LogP contribution in [0.2, 0.25) is 0 Å². The van der Waals surface area contributed by atoms with Crippen molar-refractivity contribution in [3.63, 3.8) is 0 Å². The quantitative estimate of drug-likeness (QED) is 0.843. The number of para-hydroxylation sites is 1. The van der Waals surface area contributed by atoms with Gasteiger partial charge in [-0.3, -0.25) is 14.8 Å². The van der Waals surface area contributed by atoms with Gasteiger partial charge in [-0.05, 0) is 12.1 Å². The zero-order valence-electron chi connectivity index (χ0n) is 12.8. The number of carbonyl (C=O) groups is 1. The van der Waals surface area contributed by atoms with Gasteiger partial charge in [-0.2, -0.15) is 0 Å². The Morgan fingerprint density at radius 1 is 1.30 bits per heavy atom. The summed E-state index contributed by atoms with van der Waals surface area (Å²) in [4.78, 5) is 22.4. The number of rotatable bonds is 5. The van der Waals surface area contributed by atoms with Crippen LogP contribution in [0.5, 0.6) is 5.75 Å². The molecular formula is C17H19N3O3. The number of hydrogen-bond donors (Lipinski definition) is 0. The van der Waals surface area contributed by atoms with Crippen LogP contribution in [0.3, 0.4) is 0 Å². The first-order valence-corrected chi connectivity index (χ1v) is 7.66. The molecule has 6 nitrogen and oxygen atoms in total.